The van der Waals surface area contributed by atoms with Gasteiger partial charge in [-0.3, -0.25) is 4.79 Å². The largest absolute Gasteiger partial charge is 0.481 e. The first-order valence-corrected chi connectivity index (χ1v) is 11.4. The van der Waals surface area contributed by atoms with Crippen molar-refractivity contribution in [3.8, 4) is 0 Å². The van der Waals surface area contributed by atoms with Gasteiger partial charge in [-0.15, -0.1) is 0 Å². The Hall–Kier alpha value is -1.31. The fourth-order valence-electron chi connectivity index (χ4n) is 5.56. The number of hydrogen-bond donors (Lipinski definition) is 1. The molecule has 1 N–H and O–H groups in total. The monoisotopic (exact) mass is 370 g/mol. The predicted molar refractivity (Wildman–Crippen MR) is 112 cm³/mol. The molecule has 2 aliphatic carbocycles. The van der Waals surface area contributed by atoms with Crippen LogP contribution in [0.2, 0.25) is 0 Å². The van der Waals surface area contributed by atoms with Gasteiger partial charge in [0.05, 0.1) is 5.41 Å². The van der Waals surface area contributed by atoms with Crippen LogP contribution in [0.15, 0.2) is 24.3 Å². The van der Waals surface area contributed by atoms with Crippen LogP contribution < -0.4 is 0 Å². The number of carboxylic acid groups (broad SMARTS) is 1. The lowest BCUT2D eigenvalue weighted by atomic mass is 9.65. The molecule has 0 spiro atoms. The highest BCUT2D eigenvalue weighted by Crippen LogP contribution is 2.44. The van der Waals surface area contributed by atoms with Gasteiger partial charge in [0.2, 0.25) is 0 Å². The Labute approximate surface area is 165 Å². The standard InChI is InChI=1S/C25H38O2/c1-3-5-6-20-15-17-25(18-16-20,24(26)27)23-13-11-22(12-14-23)21-9-7-19(4-2)8-10-21/h11-14,19-21H,3-10,15-18H2,1-2H3,(H,26,27). The number of carboxylic acids is 1. The molecule has 27 heavy (non-hydrogen) atoms. The van der Waals surface area contributed by atoms with E-state index in [-0.39, 0.29) is 0 Å². The molecule has 2 fully saturated rings. The lowest BCUT2D eigenvalue weighted by Crippen LogP contribution is -2.39. The van der Waals surface area contributed by atoms with E-state index >= 15 is 0 Å². The molecular weight excluding hydrogens is 332 g/mol. The third-order valence-electron chi connectivity index (χ3n) is 7.69. The Morgan fingerprint density at radius 1 is 0.963 bits per heavy atom. The van der Waals surface area contributed by atoms with E-state index in [0.717, 1.165) is 43.1 Å². The van der Waals surface area contributed by atoms with Crippen LogP contribution in [0.4, 0.5) is 0 Å². The second-order valence-corrected chi connectivity index (χ2v) is 9.22. The second kappa shape index (κ2) is 9.26. The first kappa shape index (κ1) is 20.4. The molecule has 0 radical (unpaired) electrons. The highest BCUT2D eigenvalue weighted by atomic mass is 16.4. The van der Waals surface area contributed by atoms with E-state index in [2.05, 4.69) is 38.1 Å². The quantitative estimate of drug-likeness (QED) is 0.557. The third kappa shape index (κ3) is 4.58. The van der Waals surface area contributed by atoms with Crippen molar-refractivity contribution in [3.63, 3.8) is 0 Å². The van der Waals surface area contributed by atoms with Crippen molar-refractivity contribution in [2.75, 3.05) is 0 Å². The average molecular weight is 371 g/mol. The average Bonchev–Trinajstić information content (AvgIpc) is 2.72. The highest BCUT2D eigenvalue weighted by molar-refractivity contribution is 5.81. The lowest BCUT2D eigenvalue weighted by Gasteiger charge is -2.37. The Bertz CT molecular complexity index is 587. The number of unbranched alkanes of at least 4 members (excludes halogenated alkanes) is 1. The highest BCUT2D eigenvalue weighted by Gasteiger charge is 2.43. The predicted octanol–water partition coefficient (Wildman–Crippen LogP) is 7.07. The molecule has 1 aromatic rings. The maximum atomic E-state index is 12.3. The zero-order valence-electron chi connectivity index (χ0n) is 17.4. The summed E-state index contributed by atoms with van der Waals surface area (Å²) in [4.78, 5) is 12.3. The van der Waals surface area contributed by atoms with Crippen molar-refractivity contribution in [1.29, 1.82) is 0 Å². The first-order valence-electron chi connectivity index (χ1n) is 11.4. The van der Waals surface area contributed by atoms with Gasteiger partial charge in [0.15, 0.2) is 0 Å². The Morgan fingerprint density at radius 3 is 2.11 bits per heavy atom. The van der Waals surface area contributed by atoms with Gasteiger partial charge in [-0.25, -0.2) is 0 Å². The van der Waals surface area contributed by atoms with Crippen molar-refractivity contribution in [3.05, 3.63) is 35.4 Å². The van der Waals surface area contributed by atoms with Gasteiger partial charge in [0.25, 0.3) is 0 Å². The third-order valence-corrected chi connectivity index (χ3v) is 7.69. The maximum Gasteiger partial charge on any atom is 0.314 e. The van der Waals surface area contributed by atoms with Crippen molar-refractivity contribution < 1.29 is 9.90 Å². The number of benzene rings is 1. The SMILES string of the molecule is CCCCC1CCC(C(=O)O)(c2ccc(C3CCC(CC)CC3)cc2)CC1. The Balaban J connectivity index is 1.68. The molecule has 0 amide bonds. The zero-order valence-corrected chi connectivity index (χ0v) is 17.4. The van der Waals surface area contributed by atoms with Crippen molar-refractivity contribution in [2.24, 2.45) is 11.8 Å². The summed E-state index contributed by atoms with van der Waals surface area (Å²) >= 11 is 0. The normalized spacial score (nSPS) is 31.6. The van der Waals surface area contributed by atoms with Gasteiger partial charge in [0.1, 0.15) is 0 Å². The van der Waals surface area contributed by atoms with Crippen LogP contribution >= 0.6 is 0 Å². The molecule has 150 valence electrons. The number of aliphatic carboxylic acids is 1. The van der Waals surface area contributed by atoms with Gasteiger partial charge in [-0.2, -0.15) is 0 Å². The van der Waals surface area contributed by atoms with E-state index in [0.29, 0.717) is 5.92 Å². The van der Waals surface area contributed by atoms with Gasteiger partial charge in [-0.1, -0.05) is 63.8 Å². The summed E-state index contributed by atoms with van der Waals surface area (Å²) in [6.07, 6.45) is 14.1. The molecule has 0 unspecified atom stereocenters. The van der Waals surface area contributed by atoms with E-state index < -0.39 is 11.4 Å². The minimum Gasteiger partial charge on any atom is -0.481 e. The lowest BCUT2D eigenvalue weighted by molar-refractivity contribution is -0.145. The van der Waals surface area contributed by atoms with Crippen LogP contribution in [0, 0.1) is 11.8 Å². The summed E-state index contributed by atoms with van der Waals surface area (Å²) in [7, 11) is 0. The van der Waals surface area contributed by atoms with E-state index in [9.17, 15) is 9.90 Å². The second-order valence-electron chi connectivity index (χ2n) is 9.22. The molecule has 0 aliphatic heterocycles. The van der Waals surface area contributed by atoms with Gasteiger partial charge in [0, 0.05) is 0 Å². The number of rotatable bonds is 7. The molecule has 0 saturated heterocycles. The Morgan fingerprint density at radius 2 is 1.59 bits per heavy atom. The van der Waals surface area contributed by atoms with Crippen molar-refractivity contribution in [1.82, 2.24) is 0 Å². The molecule has 0 heterocycles. The zero-order chi connectivity index (χ0) is 19.3. The van der Waals surface area contributed by atoms with Crippen LogP contribution in [0.1, 0.15) is 108 Å². The molecule has 2 aliphatic rings. The molecule has 0 aromatic heterocycles. The smallest absolute Gasteiger partial charge is 0.314 e. The van der Waals surface area contributed by atoms with Gasteiger partial charge >= 0.3 is 5.97 Å². The molecule has 2 saturated carbocycles. The van der Waals surface area contributed by atoms with E-state index in [1.54, 1.807) is 0 Å². The number of hydrogen-bond acceptors (Lipinski definition) is 1. The molecule has 0 bridgehead atoms. The van der Waals surface area contributed by atoms with Gasteiger partial charge in [-0.05, 0) is 80.2 Å². The molecular formula is C25H38O2. The van der Waals surface area contributed by atoms with E-state index in [1.165, 1.54) is 56.9 Å². The van der Waals surface area contributed by atoms with Crippen molar-refractivity contribution >= 4 is 5.97 Å². The fraction of sp³-hybridized carbons (Fsp3) is 0.720. The van der Waals surface area contributed by atoms with Crippen LogP contribution in [-0.4, -0.2) is 11.1 Å². The fourth-order valence-corrected chi connectivity index (χ4v) is 5.56. The summed E-state index contributed by atoms with van der Waals surface area (Å²) in [5.41, 5.74) is 1.81. The first-order chi connectivity index (χ1) is 13.1. The van der Waals surface area contributed by atoms with Crippen LogP contribution in [-0.2, 0) is 10.2 Å². The maximum absolute atomic E-state index is 12.3. The molecule has 2 heteroatoms. The summed E-state index contributed by atoms with van der Waals surface area (Å²) in [6.45, 7) is 4.54. The topological polar surface area (TPSA) is 37.3 Å². The summed E-state index contributed by atoms with van der Waals surface area (Å²) in [5.74, 6) is 1.70. The summed E-state index contributed by atoms with van der Waals surface area (Å²) < 4.78 is 0. The molecule has 3 rings (SSSR count). The van der Waals surface area contributed by atoms with E-state index in [1.807, 2.05) is 0 Å². The molecule has 1 aromatic carbocycles. The van der Waals surface area contributed by atoms with Gasteiger partial charge < -0.3 is 5.11 Å². The summed E-state index contributed by atoms with van der Waals surface area (Å²) in [5, 5.41) is 10.1. The Kier molecular flexibility index (Phi) is 7.00. The molecule has 0 atom stereocenters. The van der Waals surface area contributed by atoms with Crippen LogP contribution in [0.5, 0.6) is 0 Å². The number of carbonyl (C=O) groups is 1. The minimum absolute atomic E-state index is 0.618. The minimum atomic E-state index is -0.652. The summed E-state index contributed by atoms with van der Waals surface area (Å²) in [6, 6.07) is 8.75. The molecule has 2 nitrogen and oxygen atoms in total. The van der Waals surface area contributed by atoms with E-state index in [4.69, 9.17) is 0 Å². The van der Waals surface area contributed by atoms with Crippen LogP contribution in [0.25, 0.3) is 0 Å². The van der Waals surface area contributed by atoms with Crippen LogP contribution in [0.3, 0.4) is 0 Å². The van der Waals surface area contributed by atoms with Crippen molar-refractivity contribution in [2.45, 2.75) is 102 Å².